The van der Waals surface area contributed by atoms with Crippen LogP contribution in [0.1, 0.15) is 23.6 Å². The lowest BCUT2D eigenvalue weighted by molar-refractivity contribution is 0.528. The average molecular weight is 668 g/mol. The number of fused-ring (bicyclic) bond motifs is 3. The fourth-order valence-electron chi connectivity index (χ4n) is 7.43. The molecule has 1 aliphatic carbocycles. The quantitative estimate of drug-likeness (QED) is 0.148. The summed E-state index contributed by atoms with van der Waals surface area (Å²) in [6, 6.07) is 60.5. The Morgan fingerprint density at radius 2 is 1.04 bits per heavy atom. The van der Waals surface area contributed by atoms with Gasteiger partial charge in [0.1, 0.15) is 11.2 Å². The van der Waals surface area contributed by atoms with E-state index in [2.05, 4.69) is 194 Å². The van der Waals surface area contributed by atoms with E-state index in [0.29, 0.717) is 5.92 Å². The zero-order valence-electron chi connectivity index (χ0n) is 28.8. The average Bonchev–Trinajstić information content (AvgIpc) is 3.61. The second-order valence-electron chi connectivity index (χ2n) is 13.5. The standard InChI is InChI=1S/C50H37NO/c1-4-11-35(12-5-1)36-19-21-37(22-20-36)38-23-25-39(26-24-38)40-27-29-41(30-28-40)44-31-32-47-46(33-44)49-45(17-10-18-48(49)52-47)34-51-50(42-13-6-2-7-14-42)43-15-8-3-9-16-43/h1-15,17-34,43,50H,16H2. The minimum Gasteiger partial charge on any atom is -0.456 e. The van der Waals surface area contributed by atoms with Gasteiger partial charge in [0.15, 0.2) is 0 Å². The number of benzene rings is 7. The molecule has 2 nitrogen and oxygen atoms in total. The summed E-state index contributed by atoms with van der Waals surface area (Å²) in [5.41, 5.74) is 13.7. The first-order valence-electron chi connectivity index (χ1n) is 18.0. The highest BCUT2D eigenvalue weighted by Gasteiger charge is 2.20. The molecule has 0 bridgehead atoms. The first-order chi connectivity index (χ1) is 25.8. The molecule has 248 valence electrons. The van der Waals surface area contributed by atoms with Crippen LogP contribution in [0.2, 0.25) is 0 Å². The molecule has 9 rings (SSSR count). The molecule has 7 aromatic carbocycles. The van der Waals surface area contributed by atoms with E-state index in [1.807, 2.05) is 6.21 Å². The van der Waals surface area contributed by atoms with Crippen LogP contribution in [0.25, 0.3) is 66.4 Å². The van der Waals surface area contributed by atoms with Crippen molar-refractivity contribution in [3.63, 3.8) is 0 Å². The number of hydrogen-bond donors (Lipinski definition) is 0. The molecule has 0 spiro atoms. The van der Waals surface area contributed by atoms with Gasteiger partial charge in [0.2, 0.25) is 0 Å². The van der Waals surface area contributed by atoms with Crippen LogP contribution in [0.3, 0.4) is 0 Å². The summed E-state index contributed by atoms with van der Waals surface area (Å²) in [6.07, 6.45) is 11.8. The van der Waals surface area contributed by atoms with Crippen LogP contribution in [-0.4, -0.2) is 6.21 Å². The highest BCUT2D eigenvalue weighted by Crippen LogP contribution is 2.36. The fourth-order valence-corrected chi connectivity index (χ4v) is 7.43. The number of rotatable bonds is 8. The Labute approximate surface area is 304 Å². The van der Waals surface area contributed by atoms with E-state index in [4.69, 9.17) is 9.41 Å². The van der Waals surface area contributed by atoms with Crippen LogP contribution < -0.4 is 0 Å². The molecular formula is C50H37NO. The van der Waals surface area contributed by atoms with Crippen LogP contribution in [0.15, 0.2) is 204 Å². The third kappa shape index (κ3) is 6.32. The maximum atomic E-state index is 6.35. The zero-order chi connectivity index (χ0) is 34.7. The highest BCUT2D eigenvalue weighted by molar-refractivity contribution is 6.13. The van der Waals surface area contributed by atoms with Crippen molar-refractivity contribution >= 4 is 28.2 Å². The maximum absolute atomic E-state index is 6.35. The molecule has 0 amide bonds. The van der Waals surface area contributed by atoms with Crippen LogP contribution in [-0.2, 0) is 0 Å². The van der Waals surface area contributed by atoms with E-state index in [-0.39, 0.29) is 6.04 Å². The molecule has 1 aromatic heterocycles. The van der Waals surface area contributed by atoms with Gasteiger partial charge in [-0.15, -0.1) is 0 Å². The second-order valence-corrected chi connectivity index (χ2v) is 13.5. The molecule has 52 heavy (non-hydrogen) atoms. The third-order valence-electron chi connectivity index (χ3n) is 10.2. The Morgan fingerprint density at radius 3 is 1.62 bits per heavy atom. The van der Waals surface area contributed by atoms with Gasteiger partial charge in [0.25, 0.3) is 0 Å². The van der Waals surface area contributed by atoms with E-state index >= 15 is 0 Å². The lowest BCUT2D eigenvalue weighted by Crippen LogP contribution is -2.10. The number of furan rings is 1. The summed E-state index contributed by atoms with van der Waals surface area (Å²) in [5, 5.41) is 2.20. The van der Waals surface area contributed by atoms with E-state index < -0.39 is 0 Å². The van der Waals surface area contributed by atoms with Crippen LogP contribution in [0, 0.1) is 5.92 Å². The Kier molecular flexibility index (Phi) is 8.48. The molecular weight excluding hydrogens is 631 g/mol. The van der Waals surface area contributed by atoms with Gasteiger partial charge in [-0.3, -0.25) is 4.99 Å². The van der Waals surface area contributed by atoms with Gasteiger partial charge < -0.3 is 4.42 Å². The molecule has 2 atom stereocenters. The van der Waals surface area contributed by atoms with Crippen LogP contribution >= 0.6 is 0 Å². The topological polar surface area (TPSA) is 25.5 Å². The normalized spacial score (nSPS) is 14.7. The van der Waals surface area contributed by atoms with E-state index in [1.54, 1.807) is 0 Å². The van der Waals surface area contributed by atoms with Crippen molar-refractivity contribution < 1.29 is 4.42 Å². The van der Waals surface area contributed by atoms with Crippen molar-refractivity contribution in [1.82, 2.24) is 0 Å². The van der Waals surface area contributed by atoms with Gasteiger partial charge in [0.05, 0.1) is 6.04 Å². The molecule has 0 aliphatic heterocycles. The van der Waals surface area contributed by atoms with Gasteiger partial charge >= 0.3 is 0 Å². The lowest BCUT2D eigenvalue weighted by atomic mass is 9.88. The summed E-state index contributed by atoms with van der Waals surface area (Å²) < 4.78 is 6.35. The summed E-state index contributed by atoms with van der Waals surface area (Å²) in [7, 11) is 0. The van der Waals surface area contributed by atoms with Crippen molar-refractivity contribution in [3.8, 4) is 44.5 Å². The van der Waals surface area contributed by atoms with E-state index in [0.717, 1.165) is 39.5 Å². The van der Waals surface area contributed by atoms with E-state index in [1.165, 1.54) is 44.5 Å². The fraction of sp³-hybridized carbons (Fsp3) is 0.0600. The SMILES string of the molecule is C1=CCC(C(N=Cc2cccc3oc4ccc(-c5ccc(-c6ccc(-c7ccc(-c8ccccc8)cc7)cc6)cc5)cc4c23)c2ccccc2)C=C1. The summed E-state index contributed by atoms with van der Waals surface area (Å²) in [5.74, 6) is 0.314. The monoisotopic (exact) mass is 667 g/mol. The predicted octanol–water partition coefficient (Wildman–Crippen LogP) is 13.5. The summed E-state index contributed by atoms with van der Waals surface area (Å²) in [4.78, 5) is 5.23. The Hall–Kier alpha value is -6.51. The number of hydrogen-bond acceptors (Lipinski definition) is 2. The molecule has 0 fully saturated rings. The Bertz CT molecular complexity index is 2560. The minimum atomic E-state index is 0.0348. The number of nitrogens with zero attached hydrogens (tertiary/aromatic N) is 1. The molecule has 1 heterocycles. The van der Waals surface area contributed by atoms with Crippen molar-refractivity contribution in [2.45, 2.75) is 12.5 Å². The Morgan fingerprint density at radius 1 is 0.500 bits per heavy atom. The van der Waals surface area contributed by atoms with Gasteiger partial charge in [0, 0.05) is 28.5 Å². The van der Waals surface area contributed by atoms with Crippen molar-refractivity contribution in [3.05, 3.63) is 205 Å². The van der Waals surface area contributed by atoms with Crippen molar-refractivity contribution in [2.24, 2.45) is 10.9 Å². The van der Waals surface area contributed by atoms with Gasteiger partial charge in [-0.05, 0) is 74.7 Å². The van der Waals surface area contributed by atoms with Crippen LogP contribution in [0.5, 0.6) is 0 Å². The van der Waals surface area contributed by atoms with Gasteiger partial charge in [-0.1, -0.05) is 176 Å². The molecule has 1 aliphatic rings. The van der Waals surface area contributed by atoms with Crippen molar-refractivity contribution in [2.75, 3.05) is 0 Å². The maximum Gasteiger partial charge on any atom is 0.136 e. The number of aliphatic imine (C=N–C) groups is 1. The lowest BCUT2D eigenvalue weighted by Gasteiger charge is -2.22. The molecule has 8 aromatic rings. The highest BCUT2D eigenvalue weighted by atomic mass is 16.3. The molecule has 0 N–H and O–H groups in total. The summed E-state index contributed by atoms with van der Waals surface area (Å²) in [6.45, 7) is 0. The molecule has 0 saturated heterocycles. The van der Waals surface area contributed by atoms with E-state index in [9.17, 15) is 0 Å². The first-order valence-corrected chi connectivity index (χ1v) is 18.0. The largest absolute Gasteiger partial charge is 0.456 e. The minimum absolute atomic E-state index is 0.0348. The molecule has 2 unspecified atom stereocenters. The van der Waals surface area contributed by atoms with Crippen LogP contribution in [0.4, 0.5) is 0 Å². The number of allylic oxidation sites excluding steroid dienone is 3. The zero-order valence-corrected chi connectivity index (χ0v) is 28.8. The smallest absolute Gasteiger partial charge is 0.136 e. The van der Waals surface area contributed by atoms with Gasteiger partial charge in [-0.2, -0.15) is 0 Å². The first kappa shape index (κ1) is 31.5. The summed E-state index contributed by atoms with van der Waals surface area (Å²) >= 11 is 0. The molecule has 2 heteroatoms. The molecule has 0 radical (unpaired) electrons. The Balaban J connectivity index is 0.977. The van der Waals surface area contributed by atoms with Crippen molar-refractivity contribution in [1.29, 1.82) is 0 Å². The molecule has 0 saturated carbocycles. The van der Waals surface area contributed by atoms with Gasteiger partial charge in [-0.25, -0.2) is 0 Å². The third-order valence-corrected chi connectivity index (χ3v) is 10.2. The second kappa shape index (κ2) is 14.0. The predicted molar refractivity (Wildman–Crippen MR) is 219 cm³/mol.